The van der Waals surface area contributed by atoms with E-state index < -0.39 is 18.1 Å². The van der Waals surface area contributed by atoms with Crippen LogP contribution >= 0.6 is 0 Å². The highest BCUT2D eigenvalue weighted by atomic mass is 16.6. The lowest BCUT2D eigenvalue weighted by molar-refractivity contribution is -0.889. The molecule has 0 radical (unpaired) electrons. The van der Waals surface area contributed by atoms with E-state index in [0.29, 0.717) is 12.8 Å². The Bertz CT molecular complexity index is 1150. The van der Waals surface area contributed by atoms with E-state index in [1.54, 1.807) is 21.1 Å². The molecule has 0 spiro atoms. The molecule has 0 aliphatic rings. The predicted molar refractivity (Wildman–Crippen MR) is 245 cm³/mol. The van der Waals surface area contributed by atoms with Crippen molar-refractivity contribution in [3.8, 4) is 0 Å². The summed E-state index contributed by atoms with van der Waals surface area (Å²) >= 11 is 0. The number of likely N-dealkylation sites (N-methyl/N-ethyl adjacent to an activating group) is 1. The van der Waals surface area contributed by atoms with E-state index in [1.165, 1.54) is 83.5 Å². The van der Waals surface area contributed by atoms with Gasteiger partial charge >= 0.3 is 11.9 Å². The van der Waals surface area contributed by atoms with Crippen LogP contribution in [-0.4, -0.2) is 75.5 Å². The number of unbranched alkanes of at least 4 members (excludes halogenated alkanes) is 18. The molecule has 0 N–H and O–H groups in total. The van der Waals surface area contributed by atoms with E-state index in [-0.39, 0.29) is 42.7 Å². The number of ether oxygens (including phenoxy) is 3. The summed E-state index contributed by atoms with van der Waals surface area (Å²) in [5, 5.41) is 11.6. The number of carboxylic acids is 1. The normalized spacial score (nSPS) is 13.4. The molecule has 0 bridgehead atoms. The van der Waals surface area contributed by atoms with Gasteiger partial charge in [0.15, 0.2) is 6.10 Å². The summed E-state index contributed by atoms with van der Waals surface area (Å²) in [5.41, 5.74) is 0. The summed E-state index contributed by atoms with van der Waals surface area (Å²) in [6.07, 6.45) is 51.0. The lowest BCUT2D eigenvalue weighted by Crippen LogP contribution is -2.55. The largest absolute Gasteiger partial charge is 0.544 e. The number of esters is 2. The fourth-order valence-electron chi connectivity index (χ4n) is 6.77. The first-order valence-electron chi connectivity index (χ1n) is 23.8. The first-order valence-corrected chi connectivity index (χ1v) is 23.8. The third kappa shape index (κ3) is 40.2. The van der Waals surface area contributed by atoms with Gasteiger partial charge in [0.2, 0.25) is 0 Å². The van der Waals surface area contributed by atoms with Crippen LogP contribution in [0.2, 0.25) is 0 Å². The van der Waals surface area contributed by atoms with E-state index >= 15 is 0 Å². The highest BCUT2D eigenvalue weighted by Crippen LogP contribution is 2.15. The van der Waals surface area contributed by atoms with Crippen LogP contribution in [-0.2, 0) is 28.6 Å². The average molecular weight is 828 g/mol. The first-order chi connectivity index (χ1) is 28.6. The standard InChI is InChI=1S/C51H89NO7/c1-6-8-10-12-14-16-18-20-22-23-24-25-26-27-28-30-31-33-35-37-39-41-49(53)58-46-47(45-57-44-43-48(51(55)56)52(3,4)5)59-50(54)42-40-38-36-34-32-29-21-19-17-15-13-11-9-7-2/h8-11,14-17,20,22,47-48H,6-7,12-13,18-19,21,23-46H2,1-5H3/b10-8+,11-9+,16-14+,17-15+,22-20+. The third-order valence-electron chi connectivity index (χ3n) is 10.4. The maximum atomic E-state index is 12.7. The second-order valence-corrected chi connectivity index (χ2v) is 16.9. The van der Waals surface area contributed by atoms with Gasteiger partial charge in [-0.25, -0.2) is 0 Å². The zero-order valence-electron chi connectivity index (χ0n) is 38.7. The average Bonchev–Trinajstić information content (AvgIpc) is 3.19. The summed E-state index contributed by atoms with van der Waals surface area (Å²) in [7, 11) is 5.40. The number of aliphatic carboxylic acids is 1. The molecule has 0 aromatic heterocycles. The van der Waals surface area contributed by atoms with Gasteiger partial charge in [-0.3, -0.25) is 9.59 Å². The van der Waals surface area contributed by atoms with Crippen molar-refractivity contribution >= 4 is 17.9 Å². The van der Waals surface area contributed by atoms with Crippen LogP contribution in [0.25, 0.3) is 0 Å². The highest BCUT2D eigenvalue weighted by Gasteiger charge is 2.25. The number of carbonyl (C=O) groups is 3. The summed E-state index contributed by atoms with van der Waals surface area (Å²) < 4.78 is 17.2. The van der Waals surface area contributed by atoms with Gasteiger partial charge in [0.1, 0.15) is 12.6 Å². The minimum atomic E-state index is -1.13. The Kier molecular flexibility index (Phi) is 39.6. The fraction of sp³-hybridized carbons (Fsp3) is 0.745. The predicted octanol–water partition coefficient (Wildman–Crippen LogP) is 12.0. The van der Waals surface area contributed by atoms with Gasteiger partial charge < -0.3 is 28.6 Å². The van der Waals surface area contributed by atoms with E-state index in [1.807, 2.05) is 0 Å². The Balaban J connectivity index is 4.25. The highest BCUT2D eigenvalue weighted by molar-refractivity contribution is 5.70. The number of quaternary nitrogens is 1. The van der Waals surface area contributed by atoms with Crippen LogP contribution < -0.4 is 5.11 Å². The van der Waals surface area contributed by atoms with Crippen LogP contribution in [0.4, 0.5) is 0 Å². The molecule has 0 aromatic carbocycles. The molecule has 2 atom stereocenters. The Morgan fingerprint density at radius 2 is 0.898 bits per heavy atom. The van der Waals surface area contributed by atoms with Crippen LogP contribution in [0.3, 0.4) is 0 Å². The Morgan fingerprint density at radius 3 is 1.32 bits per heavy atom. The topological polar surface area (TPSA) is 102 Å². The molecule has 0 amide bonds. The number of rotatable bonds is 42. The van der Waals surface area contributed by atoms with E-state index in [2.05, 4.69) is 74.6 Å². The second-order valence-electron chi connectivity index (χ2n) is 16.9. The smallest absolute Gasteiger partial charge is 0.306 e. The van der Waals surface area contributed by atoms with Crippen LogP contribution in [0.5, 0.6) is 0 Å². The molecule has 0 rings (SSSR count). The van der Waals surface area contributed by atoms with Gasteiger partial charge in [0, 0.05) is 19.3 Å². The number of hydrogen-bond donors (Lipinski definition) is 0. The zero-order chi connectivity index (χ0) is 43.5. The van der Waals surface area contributed by atoms with Gasteiger partial charge in [-0.15, -0.1) is 0 Å². The van der Waals surface area contributed by atoms with Gasteiger partial charge in [-0.05, 0) is 70.6 Å². The molecule has 0 aliphatic heterocycles. The van der Waals surface area contributed by atoms with Crippen molar-refractivity contribution in [2.75, 3.05) is 41.0 Å². The molecule has 0 aromatic rings. The first kappa shape index (κ1) is 56.0. The second kappa shape index (κ2) is 41.8. The number of carbonyl (C=O) groups excluding carboxylic acids is 3. The van der Waals surface area contributed by atoms with Crippen molar-refractivity contribution in [1.29, 1.82) is 0 Å². The van der Waals surface area contributed by atoms with Crippen LogP contribution in [0.1, 0.15) is 194 Å². The molecule has 340 valence electrons. The van der Waals surface area contributed by atoms with Gasteiger partial charge in [-0.2, -0.15) is 0 Å². The van der Waals surface area contributed by atoms with Crippen molar-refractivity contribution in [3.05, 3.63) is 60.8 Å². The van der Waals surface area contributed by atoms with Gasteiger partial charge in [-0.1, -0.05) is 164 Å². The molecule has 0 aliphatic carbocycles. The summed E-state index contributed by atoms with van der Waals surface area (Å²) in [4.78, 5) is 36.9. The van der Waals surface area contributed by atoms with Crippen molar-refractivity contribution < 1.29 is 38.2 Å². The molecular formula is C51H89NO7. The molecule has 0 saturated carbocycles. The van der Waals surface area contributed by atoms with E-state index in [0.717, 1.165) is 77.0 Å². The van der Waals surface area contributed by atoms with Crippen molar-refractivity contribution in [1.82, 2.24) is 0 Å². The van der Waals surface area contributed by atoms with Gasteiger partial charge in [0.25, 0.3) is 0 Å². The summed E-state index contributed by atoms with van der Waals surface area (Å²) in [6.45, 7) is 4.44. The van der Waals surface area contributed by atoms with Crippen molar-refractivity contribution in [3.63, 3.8) is 0 Å². The maximum absolute atomic E-state index is 12.7. The molecule has 0 fully saturated rings. The fourth-order valence-corrected chi connectivity index (χ4v) is 6.77. The van der Waals surface area contributed by atoms with Crippen molar-refractivity contribution in [2.45, 2.75) is 206 Å². The quantitative estimate of drug-likeness (QED) is 0.0261. The lowest BCUT2D eigenvalue weighted by Gasteiger charge is -2.34. The molecular weight excluding hydrogens is 739 g/mol. The Hall–Kier alpha value is -2.97. The van der Waals surface area contributed by atoms with Crippen LogP contribution in [0.15, 0.2) is 60.8 Å². The maximum Gasteiger partial charge on any atom is 0.306 e. The minimum absolute atomic E-state index is 0.0354. The molecule has 0 saturated heterocycles. The number of hydrogen-bond acceptors (Lipinski definition) is 7. The number of allylic oxidation sites excluding steroid dienone is 10. The number of carboxylic acid groups (broad SMARTS) is 1. The summed E-state index contributed by atoms with van der Waals surface area (Å²) in [6, 6.07) is -0.729. The molecule has 8 heteroatoms. The molecule has 59 heavy (non-hydrogen) atoms. The monoisotopic (exact) mass is 828 g/mol. The molecule has 8 nitrogen and oxygen atoms in total. The van der Waals surface area contributed by atoms with Crippen molar-refractivity contribution in [2.24, 2.45) is 0 Å². The van der Waals surface area contributed by atoms with Gasteiger partial charge in [0.05, 0.1) is 40.3 Å². The SMILES string of the molecule is CC/C=C/C/C=C/C/C=C/CCCCCCCCCCCCCC(=O)OCC(COCCC(C(=O)[O-])[N+](C)(C)C)OC(=O)CCCCCCCCC/C=C/C/C=C/CC. The van der Waals surface area contributed by atoms with E-state index in [4.69, 9.17) is 14.2 Å². The van der Waals surface area contributed by atoms with E-state index in [9.17, 15) is 19.5 Å². The Labute approximate surface area is 362 Å². The lowest BCUT2D eigenvalue weighted by atomic mass is 10.0. The minimum Gasteiger partial charge on any atom is -0.544 e. The Morgan fingerprint density at radius 1 is 0.508 bits per heavy atom. The number of nitrogens with zero attached hydrogens (tertiary/aromatic N) is 1. The van der Waals surface area contributed by atoms with Crippen LogP contribution in [0, 0.1) is 0 Å². The zero-order valence-corrected chi connectivity index (χ0v) is 38.7. The molecule has 0 heterocycles. The third-order valence-corrected chi connectivity index (χ3v) is 10.4. The molecule has 2 unspecified atom stereocenters. The summed E-state index contributed by atoms with van der Waals surface area (Å²) in [5.74, 6) is -1.75.